The molecule has 1 fully saturated rings. The first-order chi connectivity index (χ1) is 10.7. The van der Waals surface area contributed by atoms with E-state index in [1.165, 1.54) is 5.57 Å². The first kappa shape index (κ1) is 13.4. The van der Waals surface area contributed by atoms with E-state index in [4.69, 9.17) is 0 Å². The highest BCUT2D eigenvalue weighted by atomic mass is 16.2. The number of hydrogen-bond donors (Lipinski definition) is 0. The Hall–Kier alpha value is -2.23. The van der Waals surface area contributed by atoms with Crippen LogP contribution < -0.4 is 0 Å². The van der Waals surface area contributed by atoms with Gasteiger partial charge in [-0.05, 0) is 43.7 Å². The van der Waals surface area contributed by atoms with Crippen molar-refractivity contribution in [3.63, 3.8) is 0 Å². The fourth-order valence-electron chi connectivity index (χ4n) is 3.67. The largest absolute Gasteiger partial charge is 0.337 e. The van der Waals surface area contributed by atoms with E-state index in [-0.39, 0.29) is 5.91 Å². The highest BCUT2D eigenvalue weighted by Gasteiger charge is 2.36. The molecule has 0 saturated carbocycles. The van der Waals surface area contributed by atoms with Crippen LogP contribution in [0.3, 0.4) is 0 Å². The number of hydrogen-bond acceptors (Lipinski definition) is 3. The summed E-state index contributed by atoms with van der Waals surface area (Å²) in [6.07, 6.45) is 6.16. The number of nitrogens with zero attached hydrogens (tertiary/aromatic N) is 3. The van der Waals surface area contributed by atoms with Crippen LogP contribution in [0.15, 0.2) is 42.1 Å². The quantitative estimate of drug-likeness (QED) is 0.759. The lowest BCUT2D eigenvalue weighted by atomic mass is 9.83. The minimum absolute atomic E-state index is 0.0188. The van der Waals surface area contributed by atoms with E-state index in [2.05, 4.69) is 23.0 Å². The molecule has 2 aromatic rings. The number of carbonyl (C=O) groups excluding carboxylic acids is 1. The summed E-state index contributed by atoms with van der Waals surface area (Å²) < 4.78 is 0. The number of amides is 1. The van der Waals surface area contributed by atoms with Gasteiger partial charge in [0.25, 0.3) is 5.91 Å². The summed E-state index contributed by atoms with van der Waals surface area (Å²) in [5, 5.41) is 0. The molecule has 22 heavy (non-hydrogen) atoms. The number of fused-ring (bicyclic) bond motifs is 2. The lowest BCUT2D eigenvalue weighted by molar-refractivity contribution is 0.0778. The van der Waals surface area contributed by atoms with Crippen molar-refractivity contribution in [3.05, 3.63) is 47.8 Å². The Balaban J connectivity index is 1.56. The van der Waals surface area contributed by atoms with E-state index in [0.29, 0.717) is 17.5 Å². The van der Waals surface area contributed by atoms with E-state index in [9.17, 15) is 4.79 Å². The van der Waals surface area contributed by atoms with Gasteiger partial charge in [0.05, 0.1) is 17.2 Å². The maximum atomic E-state index is 12.7. The van der Waals surface area contributed by atoms with Crippen LogP contribution in [0.1, 0.15) is 30.3 Å². The summed E-state index contributed by atoms with van der Waals surface area (Å²) in [5.74, 6) is 1.24. The molecule has 1 aromatic carbocycles. The predicted octanol–water partition coefficient (Wildman–Crippen LogP) is 3.06. The standard InChI is InChI=1S/C18H19N3O/c1-12-6-7-13-10-21(11-14(13)8-12)18(22)17-9-19-15-4-2-3-5-16(15)20-17/h2-6,9,13-14H,7-8,10-11H2,1H3/t13-,14+/m0/s1. The summed E-state index contributed by atoms with van der Waals surface area (Å²) in [6, 6.07) is 7.66. The minimum Gasteiger partial charge on any atom is -0.337 e. The van der Waals surface area contributed by atoms with Crippen LogP contribution in [0.25, 0.3) is 11.0 Å². The van der Waals surface area contributed by atoms with Gasteiger partial charge in [-0.3, -0.25) is 9.78 Å². The van der Waals surface area contributed by atoms with E-state index < -0.39 is 0 Å². The van der Waals surface area contributed by atoms with Gasteiger partial charge < -0.3 is 4.90 Å². The number of para-hydroxylation sites is 2. The molecule has 1 aliphatic carbocycles. The maximum absolute atomic E-state index is 12.7. The van der Waals surface area contributed by atoms with Crippen LogP contribution in [0.4, 0.5) is 0 Å². The molecule has 4 heteroatoms. The van der Waals surface area contributed by atoms with Gasteiger partial charge in [-0.25, -0.2) is 4.98 Å². The van der Waals surface area contributed by atoms with Gasteiger partial charge in [-0.1, -0.05) is 23.8 Å². The molecule has 2 heterocycles. The number of benzene rings is 1. The van der Waals surface area contributed by atoms with Crippen LogP contribution in [0.2, 0.25) is 0 Å². The van der Waals surface area contributed by atoms with Crippen LogP contribution in [-0.4, -0.2) is 33.9 Å². The summed E-state index contributed by atoms with van der Waals surface area (Å²) in [5.41, 5.74) is 3.53. The van der Waals surface area contributed by atoms with Gasteiger partial charge in [-0.15, -0.1) is 0 Å². The molecule has 2 aliphatic rings. The minimum atomic E-state index is 0.0188. The molecule has 0 bridgehead atoms. The van der Waals surface area contributed by atoms with Gasteiger partial charge in [0.15, 0.2) is 0 Å². The Morgan fingerprint density at radius 1 is 1.18 bits per heavy atom. The fourth-order valence-corrected chi connectivity index (χ4v) is 3.67. The Kier molecular flexibility index (Phi) is 3.17. The summed E-state index contributed by atoms with van der Waals surface area (Å²) in [6.45, 7) is 3.89. The van der Waals surface area contributed by atoms with Crippen LogP contribution >= 0.6 is 0 Å². The van der Waals surface area contributed by atoms with Crippen molar-refractivity contribution in [2.45, 2.75) is 19.8 Å². The van der Waals surface area contributed by atoms with Crippen molar-refractivity contribution in [1.29, 1.82) is 0 Å². The summed E-state index contributed by atoms with van der Waals surface area (Å²) >= 11 is 0. The highest BCUT2D eigenvalue weighted by Crippen LogP contribution is 2.36. The van der Waals surface area contributed by atoms with Crippen LogP contribution in [-0.2, 0) is 0 Å². The predicted molar refractivity (Wildman–Crippen MR) is 85.4 cm³/mol. The molecule has 1 saturated heterocycles. The lowest BCUT2D eigenvalue weighted by Crippen LogP contribution is -2.29. The van der Waals surface area contributed by atoms with Crippen molar-refractivity contribution in [2.75, 3.05) is 13.1 Å². The molecule has 0 unspecified atom stereocenters. The number of carbonyl (C=O) groups is 1. The van der Waals surface area contributed by atoms with Gasteiger partial charge in [0.2, 0.25) is 0 Å². The first-order valence-electron chi connectivity index (χ1n) is 7.87. The molecular formula is C18H19N3O. The van der Waals surface area contributed by atoms with Gasteiger partial charge >= 0.3 is 0 Å². The number of allylic oxidation sites excluding steroid dienone is 2. The SMILES string of the molecule is CC1=CC[C@H]2CN(C(=O)c3cnc4ccccc4n3)C[C@H]2C1. The molecule has 1 aliphatic heterocycles. The Morgan fingerprint density at radius 2 is 1.95 bits per heavy atom. The summed E-state index contributed by atoms with van der Waals surface area (Å²) in [7, 11) is 0. The van der Waals surface area contributed by atoms with Crippen molar-refractivity contribution >= 4 is 16.9 Å². The average molecular weight is 293 g/mol. The molecule has 4 nitrogen and oxygen atoms in total. The summed E-state index contributed by atoms with van der Waals surface area (Å²) in [4.78, 5) is 23.5. The van der Waals surface area contributed by atoms with Crippen LogP contribution in [0.5, 0.6) is 0 Å². The smallest absolute Gasteiger partial charge is 0.274 e. The third-order valence-corrected chi connectivity index (χ3v) is 4.88. The van der Waals surface area contributed by atoms with E-state index in [1.54, 1.807) is 6.20 Å². The molecule has 0 radical (unpaired) electrons. The zero-order chi connectivity index (χ0) is 15.1. The molecule has 0 N–H and O–H groups in total. The number of likely N-dealkylation sites (tertiary alicyclic amines) is 1. The molecule has 112 valence electrons. The average Bonchev–Trinajstić information content (AvgIpc) is 2.96. The highest BCUT2D eigenvalue weighted by molar-refractivity contribution is 5.94. The van der Waals surface area contributed by atoms with Crippen molar-refractivity contribution in [2.24, 2.45) is 11.8 Å². The van der Waals surface area contributed by atoms with Crippen LogP contribution in [0, 0.1) is 11.8 Å². The van der Waals surface area contributed by atoms with Crippen molar-refractivity contribution in [1.82, 2.24) is 14.9 Å². The van der Waals surface area contributed by atoms with Crippen molar-refractivity contribution in [3.8, 4) is 0 Å². The number of rotatable bonds is 1. The molecular weight excluding hydrogens is 274 g/mol. The Bertz CT molecular complexity index is 768. The Labute approximate surface area is 129 Å². The van der Waals surface area contributed by atoms with E-state index in [0.717, 1.165) is 37.0 Å². The normalized spacial score (nSPS) is 24.2. The Morgan fingerprint density at radius 3 is 2.82 bits per heavy atom. The molecule has 1 amide bonds. The van der Waals surface area contributed by atoms with Gasteiger partial charge in [-0.2, -0.15) is 0 Å². The third-order valence-electron chi connectivity index (χ3n) is 4.88. The van der Waals surface area contributed by atoms with Gasteiger partial charge in [0.1, 0.15) is 5.69 Å². The first-order valence-corrected chi connectivity index (χ1v) is 7.87. The molecule has 2 atom stereocenters. The third kappa shape index (κ3) is 2.28. The second kappa shape index (κ2) is 5.20. The number of aromatic nitrogens is 2. The molecule has 1 aromatic heterocycles. The van der Waals surface area contributed by atoms with Crippen molar-refractivity contribution < 1.29 is 4.79 Å². The zero-order valence-corrected chi connectivity index (χ0v) is 12.7. The second-order valence-corrected chi connectivity index (χ2v) is 6.46. The second-order valence-electron chi connectivity index (χ2n) is 6.46. The zero-order valence-electron chi connectivity index (χ0n) is 12.7. The lowest BCUT2D eigenvalue weighted by Gasteiger charge is -2.21. The monoisotopic (exact) mass is 293 g/mol. The fraction of sp³-hybridized carbons (Fsp3) is 0.389. The van der Waals surface area contributed by atoms with E-state index in [1.807, 2.05) is 29.2 Å². The molecule has 4 rings (SSSR count). The maximum Gasteiger partial charge on any atom is 0.274 e. The van der Waals surface area contributed by atoms with Gasteiger partial charge in [0, 0.05) is 13.1 Å². The topological polar surface area (TPSA) is 46.1 Å². The van der Waals surface area contributed by atoms with E-state index >= 15 is 0 Å². The molecule has 0 spiro atoms.